The molecule has 0 fully saturated rings. The van der Waals surface area contributed by atoms with E-state index in [1.807, 2.05) is 0 Å². The summed E-state index contributed by atoms with van der Waals surface area (Å²) in [6.45, 7) is 3.50. The molecule has 1 nitrogen and oxygen atoms in total. The molecule has 6 heavy (non-hydrogen) atoms. The third-order valence-corrected chi connectivity index (χ3v) is 1.09. The predicted molar refractivity (Wildman–Crippen MR) is 30.7 cm³/mol. The summed E-state index contributed by atoms with van der Waals surface area (Å²) in [6, 6.07) is 0. The van der Waals surface area contributed by atoms with Crippen LogP contribution >= 0.6 is 21.1 Å². The molecule has 2 atom stereocenters. The molecule has 2 unspecified atom stereocenters. The van der Waals surface area contributed by atoms with Gasteiger partial charge in [-0.15, -0.1) is 11.6 Å². The van der Waals surface area contributed by atoms with Crippen molar-refractivity contribution in [2.24, 2.45) is 0 Å². The van der Waals surface area contributed by atoms with Crippen LogP contribution < -0.4 is 0 Å². The van der Waals surface area contributed by atoms with E-state index in [0.717, 1.165) is 0 Å². The SMILES string of the molecule is [CH2]C(CCl)OP. The molecule has 0 aromatic rings. The van der Waals surface area contributed by atoms with Crippen molar-refractivity contribution in [2.45, 2.75) is 6.10 Å². The summed E-state index contributed by atoms with van der Waals surface area (Å²) in [6.07, 6.45) is -0.0864. The average molecular weight is 126 g/mol. The second-order valence-electron chi connectivity index (χ2n) is 0.912. The van der Waals surface area contributed by atoms with Gasteiger partial charge >= 0.3 is 0 Å². The van der Waals surface area contributed by atoms with Gasteiger partial charge in [-0.05, 0) is 6.92 Å². The Morgan fingerprint density at radius 3 is 2.50 bits per heavy atom. The average Bonchev–Trinajstić information content (AvgIpc) is 1.65. The summed E-state index contributed by atoms with van der Waals surface area (Å²) in [5.41, 5.74) is 0. The molecule has 0 spiro atoms. The molecule has 0 saturated heterocycles. The summed E-state index contributed by atoms with van der Waals surface area (Å²) in [5, 5.41) is 0. The fourth-order valence-corrected chi connectivity index (χ4v) is 0.327. The van der Waals surface area contributed by atoms with Gasteiger partial charge in [-0.1, -0.05) is 0 Å². The number of alkyl halides is 1. The van der Waals surface area contributed by atoms with Gasteiger partial charge in [0.25, 0.3) is 0 Å². The number of halogens is 1. The molecule has 0 amide bonds. The van der Waals surface area contributed by atoms with Crippen LogP contribution in [0.3, 0.4) is 0 Å². The zero-order valence-corrected chi connectivity index (χ0v) is 5.27. The summed E-state index contributed by atoms with van der Waals surface area (Å²) in [5.74, 6) is 0.448. The van der Waals surface area contributed by atoms with Crippen LogP contribution in [0.25, 0.3) is 0 Å². The first-order valence-corrected chi connectivity index (χ1v) is 2.56. The van der Waals surface area contributed by atoms with Gasteiger partial charge in [0.05, 0.1) is 6.10 Å². The van der Waals surface area contributed by atoms with Gasteiger partial charge in [0.1, 0.15) is 0 Å². The van der Waals surface area contributed by atoms with Gasteiger partial charge in [-0.3, -0.25) is 0 Å². The number of rotatable bonds is 2. The van der Waals surface area contributed by atoms with E-state index in [2.05, 4.69) is 20.9 Å². The lowest BCUT2D eigenvalue weighted by Gasteiger charge is -1.99. The predicted octanol–water partition coefficient (Wildman–Crippen LogP) is 1.23. The van der Waals surface area contributed by atoms with Crippen LogP contribution in [0, 0.1) is 6.92 Å². The Kier molecular flexibility index (Phi) is 4.29. The van der Waals surface area contributed by atoms with Crippen LogP contribution in [0.15, 0.2) is 0 Å². The smallest absolute Gasteiger partial charge is 0.0747 e. The normalized spacial score (nSPS) is 14.5. The van der Waals surface area contributed by atoms with E-state index >= 15 is 0 Å². The second kappa shape index (κ2) is 3.86. The van der Waals surface area contributed by atoms with Crippen molar-refractivity contribution < 1.29 is 4.52 Å². The highest BCUT2D eigenvalue weighted by atomic mass is 35.5. The quantitative estimate of drug-likeness (QED) is 0.399. The fraction of sp³-hybridized carbons (Fsp3) is 0.667. The first-order chi connectivity index (χ1) is 2.81. The maximum Gasteiger partial charge on any atom is 0.0747 e. The van der Waals surface area contributed by atoms with E-state index in [1.165, 1.54) is 0 Å². The van der Waals surface area contributed by atoms with E-state index in [-0.39, 0.29) is 6.10 Å². The topological polar surface area (TPSA) is 9.23 Å². The molecule has 37 valence electrons. The summed E-state index contributed by atoms with van der Waals surface area (Å²) in [4.78, 5) is 0. The lowest BCUT2D eigenvalue weighted by atomic mass is 10.5. The fourth-order valence-electron chi connectivity index (χ4n) is 0.0364. The van der Waals surface area contributed by atoms with Crippen molar-refractivity contribution in [3.63, 3.8) is 0 Å². The van der Waals surface area contributed by atoms with E-state index in [0.29, 0.717) is 5.88 Å². The van der Waals surface area contributed by atoms with E-state index in [9.17, 15) is 0 Å². The molecule has 0 heterocycles. The van der Waals surface area contributed by atoms with Crippen molar-refractivity contribution in [1.29, 1.82) is 0 Å². The first-order valence-electron chi connectivity index (χ1n) is 1.56. The van der Waals surface area contributed by atoms with Crippen LogP contribution in [0.4, 0.5) is 0 Å². The Hall–Kier alpha value is 0.680. The highest BCUT2D eigenvalue weighted by Gasteiger charge is 1.91. The maximum absolute atomic E-state index is 5.25. The van der Waals surface area contributed by atoms with Gasteiger partial charge in [0.15, 0.2) is 0 Å². The molecule has 0 aromatic heterocycles. The Morgan fingerprint density at radius 2 is 2.50 bits per heavy atom. The van der Waals surface area contributed by atoms with Crippen LogP contribution in [0.1, 0.15) is 0 Å². The lowest BCUT2D eigenvalue weighted by molar-refractivity contribution is 0.319. The largest absolute Gasteiger partial charge is 0.361 e. The highest BCUT2D eigenvalue weighted by Crippen LogP contribution is 1.96. The Morgan fingerprint density at radius 1 is 2.00 bits per heavy atom. The third kappa shape index (κ3) is 2.89. The van der Waals surface area contributed by atoms with Crippen molar-refractivity contribution in [3.05, 3.63) is 6.92 Å². The minimum atomic E-state index is -0.0864. The first kappa shape index (κ1) is 6.68. The molecule has 0 bridgehead atoms. The molecule has 0 aromatic carbocycles. The van der Waals surface area contributed by atoms with E-state index in [4.69, 9.17) is 11.6 Å². The van der Waals surface area contributed by atoms with Crippen LogP contribution in [-0.2, 0) is 4.52 Å². The standard InChI is InChI=1S/C3H7ClOP/c1-3(2-4)5-6/h3H,1-2,6H2. The zero-order chi connectivity index (χ0) is 4.99. The molecule has 0 N–H and O–H groups in total. The van der Waals surface area contributed by atoms with Gasteiger partial charge < -0.3 is 4.52 Å². The van der Waals surface area contributed by atoms with E-state index < -0.39 is 0 Å². The van der Waals surface area contributed by atoms with Crippen LogP contribution in [0.2, 0.25) is 0 Å². The molecule has 0 rings (SSSR count). The number of hydrogen-bond acceptors (Lipinski definition) is 1. The summed E-state index contributed by atoms with van der Waals surface area (Å²) in [7, 11) is 2.09. The molecule has 0 aliphatic rings. The third-order valence-electron chi connectivity index (χ3n) is 0.365. The molecular formula is C3H7ClOP. The van der Waals surface area contributed by atoms with Crippen molar-refractivity contribution in [3.8, 4) is 0 Å². The van der Waals surface area contributed by atoms with Crippen molar-refractivity contribution in [2.75, 3.05) is 5.88 Å². The molecular weight excluding hydrogens is 118 g/mol. The summed E-state index contributed by atoms with van der Waals surface area (Å²) < 4.78 is 4.57. The highest BCUT2D eigenvalue weighted by molar-refractivity contribution is 7.09. The molecule has 0 aliphatic heterocycles. The Balaban J connectivity index is 2.75. The second-order valence-corrected chi connectivity index (χ2v) is 1.49. The van der Waals surface area contributed by atoms with Crippen LogP contribution in [-0.4, -0.2) is 12.0 Å². The van der Waals surface area contributed by atoms with Crippen molar-refractivity contribution >= 4 is 21.1 Å². The van der Waals surface area contributed by atoms with Gasteiger partial charge in [0, 0.05) is 15.3 Å². The van der Waals surface area contributed by atoms with Gasteiger partial charge in [-0.2, -0.15) is 0 Å². The van der Waals surface area contributed by atoms with Gasteiger partial charge in [-0.25, -0.2) is 0 Å². The minimum Gasteiger partial charge on any atom is -0.361 e. The Labute approximate surface area is 45.3 Å². The van der Waals surface area contributed by atoms with Crippen molar-refractivity contribution in [1.82, 2.24) is 0 Å². The maximum atomic E-state index is 5.25. The zero-order valence-electron chi connectivity index (χ0n) is 3.36. The summed E-state index contributed by atoms with van der Waals surface area (Å²) >= 11 is 5.25. The van der Waals surface area contributed by atoms with E-state index in [1.54, 1.807) is 0 Å². The van der Waals surface area contributed by atoms with Gasteiger partial charge in [0.2, 0.25) is 0 Å². The minimum absolute atomic E-state index is 0.0864. The molecule has 3 heteroatoms. The van der Waals surface area contributed by atoms with Crippen LogP contribution in [0.5, 0.6) is 0 Å². The molecule has 0 aliphatic carbocycles. The Bertz CT molecular complexity index is 30.0. The lowest BCUT2D eigenvalue weighted by Crippen LogP contribution is -2.01. The monoisotopic (exact) mass is 125 g/mol. The number of hydrogen-bond donors (Lipinski definition) is 0. The molecule has 1 radical (unpaired) electrons. The molecule has 0 saturated carbocycles.